The molecule has 14 heavy (non-hydrogen) atoms. The molecule has 1 heterocycles. The summed E-state index contributed by atoms with van der Waals surface area (Å²) in [6.07, 6.45) is -0.154. The van der Waals surface area contributed by atoms with E-state index in [2.05, 4.69) is 4.98 Å². The molecule has 1 amide bonds. The van der Waals surface area contributed by atoms with Gasteiger partial charge in [-0.15, -0.1) is 0 Å². The lowest BCUT2D eigenvalue weighted by atomic mass is 10.1. The number of amides is 1. The summed E-state index contributed by atoms with van der Waals surface area (Å²) in [6.45, 7) is 0. The van der Waals surface area contributed by atoms with Crippen LogP contribution in [0.15, 0.2) is 12.1 Å². The molecule has 1 aromatic rings. The molecule has 1 aromatic heterocycles. The summed E-state index contributed by atoms with van der Waals surface area (Å²) in [5.41, 5.74) is 5.22. The highest BCUT2D eigenvalue weighted by Gasteiger charge is 2.12. The van der Waals surface area contributed by atoms with Crippen molar-refractivity contribution < 1.29 is 9.59 Å². The minimum atomic E-state index is -0.990. The minimum Gasteiger partial charge on any atom is -0.363 e. The summed E-state index contributed by atoms with van der Waals surface area (Å²) >= 11 is 11.2. The fourth-order valence-electron chi connectivity index (χ4n) is 0.833. The van der Waals surface area contributed by atoms with Crippen molar-refractivity contribution in [2.24, 2.45) is 5.73 Å². The number of hydrogen-bond donors (Lipinski definition) is 1. The number of hydrogen-bond acceptors (Lipinski definition) is 3. The van der Waals surface area contributed by atoms with Gasteiger partial charge in [-0.1, -0.05) is 29.3 Å². The Kier molecular flexibility index (Phi) is 3.43. The van der Waals surface area contributed by atoms with Crippen molar-refractivity contribution in [2.75, 3.05) is 0 Å². The number of nitrogens with zero attached hydrogens (tertiary/aromatic N) is 1. The third kappa shape index (κ3) is 2.68. The topological polar surface area (TPSA) is 73.1 Å². The fraction of sp³-hybridized carbons (Fsp3) is 0.125. The van der Waals surface area contributed by atoms with Crippen LogP contribution in [0.4, 0.5) is 0 Å². The lowest BCUT2D eigenvalue weighted by molar-refractivity contribution is -0.135. The molecule has 0 aliphatic heterocycles. The lowest BCUT2D eigenvalue weighted by Crippen LogP contribution is -2.24. The lowest BCUT2D eigenvalue weighted by Gasteiger charge is -2.00. The molecular formula is C8H6Cl2N2O2. The molecule has 0 spiro atoms. The quantitative estimate of drug-likeness (QED) is 0.624. The number of ketones is 1. The Morgan fingerprint density at radius 3 is 2.50 bits per heavy atom. The molecule has 0 aromatic carbocycles. The predicted octanol–water partition coefficient (Wildman–Crippen LogP) is 0.985. The molecule has 2 N–H and O–H groups in total. The molecule has 0 saturated carbocycles. The number of Topliss-reactive ketones (excluding diaryl/α,β-unsaturated/α-hetero) is 1. The maximum Gasteiger partial charge on any atom is 0.285 e. The van der Waals surface area contributed by atoms with Crippen molar-refractivity contribution >= 4 is 34.9 Å². The van der Waals surface area contributed by atoms with Gasteiger partial charge in [0, 0.05) is 6.42 Å². The van der Waals surface area contributed by atoms with Crippen LogP contribution in [0.3, 0.4) is 0 Å². The Morgan fingerprint density at radius 2 is 2.00 bits per heavy atom. The van der Waals surface area contributed by atoms with Crippen molar-refractivity contribution in [1.29, 1.82) is 0 Å². The second-order valence-corrected chi connectivity index (χ2v) is 3.29. The Bertz CT molecular complexity index is 393. The summed E-state index contributed by atoms with van der Waals surface area (Å²) in [5.74, 6) is -1.70. The minimum absolute atomic E-state index is 0.104. The number of aromatic nitrogens is 1. The van der Waals surface area contributed by atoms with Crippen molar-refractivity contribution in [3.8, 4) is 0 Å². The van der Waals surface area contributed by atoms with Gasteiger partial charge in [0.25, 0.3) is 5.91 Å². The summed E-state index contributed by atoms with van der Waals surface area (Å²) in [5, 5.41) is 0.331. The number of nitrogens with two attached hydrogens (primary N) is 1. The summed E-state index contributed by atoms with van der Waals surface area (Å²) in [4.78, 5) is 25.1. The highest BCUT2D eigenvalue weighted by molar-refractivity contribution is 6.37. The normalized spacial score (nSPS) is 9.86. The summed E-state index contributed by atoms with van der Waals surface area (Å²) < 4.78 is 0. The van der Waals surface area contributed by atoms with Gasteiger partial charge >= 0.3 is 0 Å². The zero-order chi connectivity index (χ0) is 10.7. The van der Waals surface area contributed by atoms with Crippen LogP contribution in [0.2, 0.25) is 10.3 Å². The van der Waals surface area contributed by atoms with Crippen LogP contribution in [-0.2, 0) is 16.0 Å². The number of rotatable bonds is 3. The van der Waals surface area contributed by atoms with Gasteiger partial charge in [-0.3, -0.25) is 9.59 Å². The molecule has 1 rings (SSSR count). The maximum absolute atomic E-state index is 11.0. The Labute approximate surface area is 90.0 Å². The molecule has 6 heteroatoms. The van der Waals surface area contributed by atoms with Crippen LogP contribution < -0.4 is 5.73 Å². The molecule has 0 saturated heterocycles. The van der Waals surface area contributed by atoms with Crippen molar-refractivity contribution in [1.82, 2.24) is 4.98 Å². The second kappa shape index (κ2) is 4.39. The maximum atomic E-state index is 11.0. The highest BCUT2D eigenvalue weighted by atomic mass is 35.5. The van der Waals surface area contributed by atoms with Gasteiger partial charge in [0.15, 0.2) is 0 Å². The van der Waals surface area contributed by atoms with E-state index >= 15 is 0 Å². The zero-order valence-corrected chi connectivity index (χ0v) is 8.47. The smallest absolute Gasteiger partial charge is 0.285 e. The van der Waals surface area contributed by atoms with E-state index in [-0.39, 0.29) is 16.7 Å². The SMILES string of the molecule is NC(=O)C(=O)Cc1ccc(Cl)nc1Cl. The number of carbonyl (C=O) groups is 2. The van der Waals surface area contributed by atoms with Crippen LogP contribution in [0.25, 0.3) is 0 Å². The molecule has 0 unspecified atom stereocenters. The molecule has 0 atom stereocenters. The van der Waals surface area contributed by atoms with Gasteiger partial charge in [-0.05, 0) is 11.6 Å². The van der Waals surface area contributed by atoms with Gasteiger partial charge in [0.2, 0.25) is 5.78 Å². The van der Waals surface area contributed by atoms with Gasteiger partial charge in [-0.2, -0.15) is 0 Å². The van der Waals surface area contributed by atoms with Crippen molar-refractivity contribution in [3.63, 3.8) is 0 Å². The molecule has 0 fully saturated rings. The molecule has 74 valence electrons. The van der Waals surface area contributed by atoms with E-state index in [0.717, 1.165) is 0 Å². The number of carbonyl (C=O) groups excluding carboxylic acids is 2. The van der Waals surface area contributed by atoms with E-state index in [4.69, 9.17) is 28.9 Å². The number of pyridine rings is 1. The van der Waals surface area contributed by atoms with Gasteiger partial charge in [0.1, 0.15) is 10.3 Å². The average Bonchev–Trinajstić information content (AvgIpc) is 2.09. The molecule has 0 aliphatic carbocycles. The third-order valence-electron chi connectivity index (χ3n) is 1.52. The van der Waals surface area contributed by atoms with Crippen LogP contribution >= 0.6 is 23.2 Å². The van der Waals surface area contributed by atoms with E-state index in [1.165, 1.54) is 12.1 Å². The van der Waals surface area contributed by atoms with Crippen LogP contribution in [0, 0.1) is 0 Å². The van der Waals surface area contributed by atoms with Crippen molar-refractivity contribution in [3.05, 3.63) is 28.0 Å². The molecular weight excluding hydrogens is 227 g/mol. The fourth-order valence-corrected chi connectivity index (χ4v) is 1.24. The van der Waals surface area contributed by atoms with Crippen molar-refractivity contribution in [2.45, 2.75) is 6.42 Å². The first-order chi connectivity index (χ1) is 6.50. The van der Waals surface area contributed by atoms with Crippen LogP contribution in [0.1, 0.15) is 5.56 Å². The van der Waals surface area contributed by atoms with Crippen LogP contribution in [0.5, 0.6) is 0 Å². The van der Waals surface area contributed by atoms with E-state index < -0.39 is 11.7 Å². The number of primary amides is 1. The number of halogens is 2. The molecule has 0 aliphatic rings. The standard InChI is InChI=1S/C8H6Cl2N2O2/c9-6-2-1-4(7(10)12-6)3-5(13)8(11)14/h1-2H,3H2,(H2,11,14). The molecule has 0 bridgehead atoms. The third-order valence-corrected chi connectivity index (χ3v) is 2.06. The molecule has 4 nitrogen and oxygen atoms in total. The first-order valence-electron chi connectivity index (χ1n) is 3.64. The van der Waals surface area contributed by atoms with Gasteiger partial charge in [-0.25, -0.2) is 4.98 Å². The zero-order valence-electron chi connectivity index (χ0n) is 6.96. The Hall–Kier alpha value is -1.13. The largest absolute Gasteiger partial charge is 0.363 e. The summed E-state index contributed by atoms with van der Waals surface area (Å²) in [7, 11) is 0. The Morgan fingerprint density at radius 1 is 1.36 bits per heavy atom. The van der Waals surface area contributed by atoms with Crippen LogP contribution in [-0.4, -0.2) is 16.7 Å². The first-order valence-corrected chi connectivity index (χ1v) is 4.40. The highest BCUT2D eigenvalue weighted by Crippen LogP contribution is 2.17. The first kappa shape index (κ1) is 10.9. The summed E-state index contributed by atoms with van der Waals surface area (Å²) in [6, 6.07) is 3.01. The molecule has 0 radical (unpaired) electrons. The Balaban J connectivity index is 2.87. The monoisotopic (exact) mass is 232 g/mol. The van der Waals surface area contributed by atoms with Gasteiger partial charge in [0.05, 0.1) is 0 Å². The van der Waals surface area contributed by atoms with E-state index in [9.17, 15) is 9.59 Å². The van der Waals surface area contributed by atoms with E-state index in [1.54, 1.807) is 0 Å². The van der Waals surface area contributed by atoms with E-state index in [0.29, 0.717) is 5.56 Å². The second-order valence-electron chi connectivity index (χ2n) is 2.55. The predicted molar refractivity (Wildman–Crippen MR) is 52.2 cm³/mol. The van der Waals surface area contributed by atoms with Gasteiger partial charge < -0.3 is 5.73 Å². The van der Waals surface area contributed by atoms with E-state index in [1.807, 2.05) is 0 Å². The average molecular weight is 233 g/mol.